The van der Waals surface area contributed by atoms with E-state index in [0.29, 0.717) is 5.69 Å². The Morgan fingerprint density at radius 3 is 2.38 bits per heavy atom. The lowest BCUT2D eigenvalue weighted by molar-refractivity contribution is 0.101. The van der Waals surface area contributed by atoms with Gasteiger partial charge in [0, 0.05) is 13.1 Å². The lowest BCUT2D eigenvalue weighted by Gasteiger charge is -1.90. The molecule has 1 unspecified atom stereocenters. The quantitative estimate of drug-likeness (QED) is 0.590. The number of Topliss-reactive ketones (excluding diaryl/α,β-unsaturated/α-hetero) is 1. The zero-order chi connectivity index (χ0) is 10.3. The Hall–Kier alpha value is -1.13. The maximum Gasteiger partial charge on any atom is 0.175 e. The monoisotopic (exact) mass is 185 g/mol. The van der Waals surface area contributed by atoms with Gasteiger partial charge in [-0.2, -0.15) is 0 Å². The molecule has 4 heteroatoms. The zero-order valence-corrected chi connectivity index (χ0v) is 7.82. The van der Waals surface area contributed by atoms with Gasteiger partial charge in [0.2, 0.25) is 0 Å². The molecule has 1 heterocycles. The normalized spacial score (nSPS) is 11.4. The molecule has 0 aliphatic rings. The summed E-state index contributed by atoms with van der Waals surface area (Å²) in [5.41, 5.74) is 0.671. The Balaban J connectivity index is 0.000000252. The zero-order valence-electron chi connectivity index (χ0n) is 7.82. The van der Waals surface area contributed by atoms with Gasteiger partial charge in [-0.05, 0) is 19.1 Å². The largest absolute Gasteiger partial charge is 0.394 e. The fourth-order valence-corrected chi connectivity index (χ4v) is 0.549. The molecule has 0 aliphatic carbocycles. The molecule has 0 spiro atoms. The summed E-state index contributed by atoms with van der Waals surface area (Å²) in [5, 5.41) is 16.0. The standard InChI is InChI=1S/C6H7NO.C3H8O2/c1-5(8)6-3-2-4-7-6;1-3(5)2-4/h2-4,7H,1H3;3-5H,2H2,1H3. The number of aliphatic hydroxyl groups excluding tert-OH is 2. The summed E-state index contributed by atoms with van der Waals surface area (Å²) in [7, 11) is 0. The Bertz CT molecular complexity index is 229. The van der Waals surface area contributed by atoms with Crippen LogP contribution in [0.1, 0.15) is 24.3 Å². The van der Waals surface area contributed by atoms with Crippen molar-refractivity contribution < 1.29 is 15.0 Å². The number of hydrogen-bond acceptors (Lipinski definition) is 3. The summed E-state index contributed by atoms with van der Waals surface area (Å²) in [4.78, 5) is 13.3. The molecule has 74 valence electrons. The van der Waals surface area contributed by atoms with E-state index < -0.39 is 6.10 Å². The second kappa shape index (κ2) is 6.39. The van der Waals surface area contributed by atoms with E-state index in [1.165, 1.54) is 13.8 Å². The molecule has 13 heavy (non-hydrogen) atoms. The predicted octanol–water partition coefficient (Wildman–Crippen LogP) is 0.577. The van der Waals surface area contributed by atoms with E-state index in [-0.39, 0.29) is 12.4 Å². The first-order valence-corrected chi connectivity index (χ1v) is 4.01. The van der Waals surface area contributed by atoms with E-state index in [0.717, 1.165) is 0 Å². The van der Waals surface area contributed by atoms with Gasteiger partial charge in [0.05, 0.1) is 18.4 Å². The first-order valence-electron chi connectivity index (χ1n) is 4.01. The highest BCUT2D eigenvalue weighted by molar-refractivity contribution is 5.92. The van der Waals surface area contributed by atoms with Gasteiger partial charge in [0.1, 0.15) is 0 Å². The predicted molar refractivity (Wildman–Crippen MR) is 49.6 cm³/mol. The van der Waals surface area contributed by atoms with Crippen LogP contribution in [-0.2, 0) is 0 Å². The highest BCUT2D eigenvalue weighted by atomic mass is 16.3. The second-order valence-electron chi connectivity index (χ2n) is 2.67. The number of aromatic amines is 1. The molecular formula is C9H15NO3. The molecule has 0 aromatic carbocycles. The molecule has 0 saturated heterocycles. The van der Waals surface area contributed by atoms with Crippen molar-refractivity contribution in [3.8, 4) is 0 Å². The van der Waals surface area contributed by atoms with Crippen LogP contribution in [-0.4, -0.2) is 33.7 Å². The molecule has 0 bridgehead atoms. The summed E-state index contributed by atoms with van der Waals surface area (Å²) in [6, 6.07) is 3.55. The maximum atomic E-state index is 10.5. The van der Waals surface area contributed by atoms with Crippen molar-refractivity contribution in [2.45, 2.75) is 20.0 Å². The Morgan fingerprint density at radius 2 is 2.23 bits per heavy atom. The molecule has 0 saturated carbocycles. The molecule has 4 nitrogen and oxygen atoms in total. The Morgan fingerprint density at radius 1 is 1.69 bits per heavy atom. The topological polar surface area (TPSA) is 73.3 Å². The third kappa shape index (κ3) is 6.07. The van der Waals surface area contributed by atoms with Gasteiger partial charge in [0.25, 0.3) is 0 Å². The summed E-state index contributed by atoms with van der Waals surface area (Å²) in [5.74, 6) is 0.0787. The fraction of sp³-hybridized carbons (Fsp3) is 0.444. The lowest BCUT2D eigenvalue weighted by atomic mass is 10.3. The van der Waals surface area contributed by atoms with Crippen LogP contribution in [0.5, 0.6) is 0 Å². The number of H-pyrrole nitrogens is 1. The fourth-order valence-electron chi connectivity index (χ4n) is 0.549. The van der Waals surface area contributed by atoms with Crippen LogP contribution in [0.2, 0.25) is 0 Å². The van der Waals surface area contributed by atoms with Crippen LogP contribution in [0.15, 0.2) is 18.3 Å². The number of rotatable bonds is 2. The van der Waals surface area contributed by atoms with Gasteiger partial charge in [-0.3, -0.25) is 4.79 Å². The highest BCUT2D eigenvalue weighted by Gasteiger charge is 1.94. The van der Waals surface area contributed by atoms with Gasteiger partial charge in [-0.15, -0.1) is 0 Å². The number of ketones is 1. The number of aliphatic hydroxyl groups is 2. The SMILES string of the molecule is CC(=O)c1ccc[nH]1.CC(O)CO. The van der Waals surface area contributed by atoms with Crippen LogP contribution >= 0.6 is 0 Å². The average Bonchev–Trinajstić information content (AvgIpc) is 2.57. The number of carbonyl (C=O) groups excluding carboxylic acids is 1. The molecule has 3 N–H and O–H groups in total. The summed E-state index contributed by atoms with van der Waals surface area (Å²) in [6.07, 6.45) is 1.17. The van der Waals surface area contributed by atoms with E-state index in [4.69, 9.17) is 10.2 Å². The second-order valence-corrected chi connectivity index (χ2v) is 2.67. The first-order chi connectivity index (χ1) is 6.07. The molecule has 1 rings (SSSR count). The van der Waals surface area contributed by atoms with E-state index in [2.05, 4.69) is 4.98 Å². The third-order valence-electron chi connectivity index (χ3n) is 1.24. The molecule has 0 amide bonds. The smallest absolute Gasteiger partial charge is 0.175 e. The van der Waals surface area contributed by atoms with Crippen molar-refractivity contribution >= 4 is 5.78 Å². The van der Waals surface area contributed by atoms with Gasteiger partial charge in [-0.25, -0.2) is 0 Å². The van der Waals surface area contributed by atoms with E-state index >= 15 is 0 Å². The minimum Gasteiger partial charge on any atom is -0.394 e. The number of nitrogens with one attached hydrogen (secondary N) is 1. The van der Waals surface area contributed by atoms with Crippen molar-refractivity contribution in [3.63, 3.8) is 0 Å². The third-order valence-corrected chi connectivity index (χ3v) is 1.24. The van der Waals surface area contributed by atoms with E-state index in [1.54, 1.807) is 18.3 Å². The number of carbonyl (C=O) groups is 1. The van der Waals surface area contributed by atoms with Crippen LogP contribution < -0.4 is 0 Å². The van der Waals surface area contributed by atoms with E-state index in [9.17, 15) is 4.79 Å². The number of hydrogen-bond donors (Lipinski definition) is 3. The molecule has 0 aliphatic heterocycles. The van der Waals surface area contributed by atoms with E-state index in [1.807, 2.05) is 0 Å². The summed E-state index contributed by atoms with van der Waals surface area (Å²) < 4.78 is 0. The van der Waals surface area contributed by atoms with Crippen LogP contribution in [0, 0.1) is 0 Å². The molecule has 1 aromatic heterocycles. The Labute approximate surface area is 77.2 Å². The average molecular weight is 185 g/mol. The molecule has 1 aromatic rings. The van der Waals surface area contributed by atoms with Crippen molar-refractivity contribution in [3.05, 3.63) is 24.0 Å². The van der Waals surface area contributed by atoms with Crippen molar-refractivity contribution in [2.75, 3.05) is 6.61 Å². The Kier molecular flexibility index (Phi) is 5.84. The minimum atomic E-state index is -0.560. The number of aromatic nitrogens is 1. The maximum absolute atomic E-state index is 10.5. The van der Waals surface area contributed by atoms with Gasteiger partial charge in [0.15, 0.2) is 5.78 Å². The van der Waals surface area contributed by atoms with Crippen LogP contribution in [0.25, 0.3) is 0 Å². The summed E-state index contributed by atoms with van der Waals surface area (Å²) >= 11 is 0. The van der Waals surface area contributed by atoms with Crippen molar-refractivity contribution in [2.24, 2.45) is 0 Å². The first kappa shape index (κ1) is 11.9. The molecule has 1 atom stereocenters. The molecular weight excluding hydrogens is 170 g/mol. The minimum absolute atomic E-state index is 0.0787. The van der Waals surface area contributed by atoms with Crippen molar-refractivity contribution in [1.82, 2.24) is 4.98 Å². The molecule has 0 radical (unpaired) electrons. The van der Waals surface area contributed by atoms with Gasteiger partial charge < -0.3 is 15.2 Å². The summed E-state index contributed by atoms with van der Waals surface area (Å²) in [6.45, 7) is 2.92. The van der Waals surface area contributed by atoms with Gasteiger partial charge >= 0.3 is 0 Å². The lowest BCUT2D eigenvalue weighted by Crippen LogP contribution is -2.03. The van der Waals surface area contributed by atoms with Crippen LogP contribution in [0.4, 0.5) is 0 Å². The van der Waals surface area contributed by atoms with Crippen molar-refractivity contribution in [1.29, 1.82) is 0 Å². The van der Waals surface area contributed by atoms with Gasteiger partial charge in [-0.1, -0.05) is 0 Å². The van der Waals surface area contributed by atoms with Crippen LogP contribution in [0.3, 0.4) is 0 Å². The molecule has 0 fully saturated rings. The highest BCUT2D eigenvalue weighted by Crippen LogP contribution is 1.93.